The van der Waals surface area contributed by atoms with Crippen molar-refractivity contribution >= 4 is 28.4 Å². The van der Waals surface area contributed by atoms with E-state index in [0.717, 1.165) is 28.7 Å². The summed E-state index contributed by atoms with van der Waals surface area (Å²) in [5.74, 6) is 0.226. The van der Waals surface area contributed by atoms with Crippen LogP contribution in [0.15, 0.2) is 24.3 Å². The van der Waals surface area contributed by atoms with Crippen molar-refractivity contribution in [3.05, 3.63) is 33.4 Å². The van der Waals surface area contributed by atoms with Gasteiger partial charge in [-0.25, -0.2) is 0 Å². The molecule has 3 rings (SSSR count). The first-order valence-corrected chi connectivity index (χ1v) is 7.96. The summed E-state index contributed by atoms with van der Waals surface area (Å²) in [5.41, 5.74) is 0.821. The Labute approximate surface area is 127 Å². The number of hydrogen-bond donors (Lipinski definition) is 0. The van der Waals surface area contributed by atoms with Crippen molar-refractivity contribution in [2.45, 2.75) is 31.4 Å². The van der Waals surface area contributed by atoms with Gasteiger partial charge in [-0.2, -0.15) is 0 Å². The molecule has 1 aromatic rings. The predicted molar refractivity (Wildman–Crippen MR) is 82.4 cm³/mol. The lowest BCUT2D eigenvalue weighted by atomic mass is 10.1. The number of morpholine rings is 1. The van der Waals surface area contributed by atoms with Gasteiger partial charge >= 0.3 is 0 Å². The standard InChI is InChI=1S/C15H18INO2/c16-12-6-4-11(5-7-12)14(18)10-17-8-9-19-15-3-1-2-13(15)17/h4-7,13,15H,1-3,8-10H2. The van der Waals surface area contributed by atoms with E-state index in [2.05, 4.69) is 27.5 Å². The SMILES string of the molecule is O=C(CN1CCOC2CCCC21)c1ccc(I)cc1. The fourth-order valence-electron chi connectivity index (χ4n) is 3.11. The van der Waals surface area contributed by atoms with Gasteiger partial charge in [0.15, 0.2) is 5.78 Å². The van der Waals surface area contributed by atoms with Crippen LogP contribution in [0, 0.1) is 3.57 Å². The van der Waals surface area contributed by atoms with E-state index in [0.29, 0.717) is 18.7 Å². The van der Waals surface area contributed by atoms with Crippen LogP contribution in [0.5, 0.6) is 0 Å². The van der Waals surface area contributed by atoms with Crippen LogP contribution < -0.4 is 0 Å². The number of hydrogen-bond acceptors (Lipinski definition) is 3. The van der Waals surface area contributed by atoms with Crippen LogP contribution in [0.4, 0.5) is 0 Å². The molecule has 0 bridgehead atoms. The Bertz CT molecular complexity index is 460. The van der Waals surface area contributed by atoms with Gasteiger partial charge in [-0.1, -0.05) is 12.1 Å². The van der Waals surface area contributed by atoms with Gasteiger partial charge in [-0.05, 0) is 54.0 Å². The molecule has 1 heterocycles. The second-order valence-corrected chi connectivity index (χ2v) is 6.55. The zero-order valence-electron chi connectivity index (χ0n) is 10.8. The monoisotopic (exact) mass is 371 g/mol. The number of fused-ring (bicyclic) bond motifs is 1. The van der Waals surface area contributed by atoms with E-state index >= 15 is 0 Å². The maximum atomic E-state index is 12.3. The summed E-state index contributed by atoms with van der Waals surface area (Å²) < 4.78 is 6.94. The molecule has 1 aromatic carbocycles. The van der Waals surface area contributed by atoms with Crippen molar-refractivity contribution in [3.8, 4) is 0 Å². The van der Waals surface area contributed by atoms with Crippen LogP contribution in [0.1, 0.15) is 29.6 Å². The van der Waals surface area contributed by atoms with Crippen LogP contribution >= 0.6 is 22.6 Å². The minimum Gasteiger partial charge on any atom is -0.375 e. The molecule has 1 aliphatic heterocycles. The van der Waals surface area contributed by atoms with Gasteiger partial charge in [0, 0.05) is 21.7 Å². The minimum atomic E-state index is 0.226. The molecule has 2 unspecified atom stereocenters. The lowest BCUT2D eigenvalue weighted by Gasteiger charge is -2.37. The maximum Gasteiger partial charge on any atom is 0.176 e. The Balaban J connectivity index is 1.67. The van der Waals surface area contributed by atoms with Crippen LogP contribution in [0.2, 0.25) is 0 Å². The topological polar surface area (TPSA) is 29.5 Å². The summed E-state index contributed by atoms with van der Waals surface area (Å²) in [6, 6.07) is 8.30. The van der Waals surface area contributed by atoms with Crippen molar-refractivity contribution in [1.29, 1.82) is 0 Å². The fraction of sp³-hybridized carbons (Fsp3) is 0.533. The van der Waals surface area contributed by atoms with Crippen molar-refractivity contribution in [2.75, 3.05) is 19.7 Å². The molecule has 19 heavy (non-hydrogen) atoms. The Morgan fingerprint density at radius 1 is 1.32 bits per heavy atom. The van der Waals surface area contributed by atoms with Gasteiger partial charge in [0.05, 0.1) is 19.3 Å². The first-order chi connectivity index (χ1) is 9.24. The average Bonchev–Trinajstić information content (AvgIpc) is 2.89. The Hall–Kier alpha value is -0.460. The van der Waals surface area contributed by atoms with Crippen LogP contribution in [-0.2, 0) is 4.74 Å². The molecule has 1 aliphatic carbocycles. The zero-order valence-corrected chi connectivity index (χ0v) is 13.0. The highest BCUT2D eigenvalue weighted by molar-refractivity contribution is 14.1. The summed E-state index contributed by atoms with van der Waals surface area (Å²) in [4.78, 5) is 14.6. The fourth-order valence-corrected chi connectivity index (χ4v) is 3.47. The maximum absolute atomic E-state index is 12.3. The van der Waals surface area contributed by atoms with Gasteiger partial charge in [0.25, 0.3) is 0 Å². The molecule has 0 amide bonds. The van der Waals surface area contributed by atoms with E-state index in [9.17, 15) is 4.79 Å². The quantitative estimate of drug-likeness (QED) is 0.605. The number of carbonyl (C=O) groups is 1. The Kier molecular flexibility index (Phi) is 4.19. The minimum absolute atomic E-state index is 0.226. The molecule has 0 spiro atoms. The van der Waals surface area contributed by atoms with Crippen molar-refractivity contribution in [1.82, 2.24) is 4.90 Å². The van der Waals surface area contributed by atoms with Crippen molar-refractivity contribution in [2.24, 2.45) is 0 Å². The second kappa shape index (κ2) is 5.89. The number of ether oxygens (including phenoxy) is 1. The summed E-state index contributed by atoms with van der Waals surface area (Å²) in [7, 11) is 0. The average molecular weight is 371 g/mol. The van der Waals surface area contributed by atoms with Gasteiger partial charge in [0.2, 0.25) is 0 Å². The number of benzene rings is 1. The number of Topliss-reactive ketones (excluding diaryl/α,β-unsaturated/α-hetero) is 1. The number of halogens is 1. The van der Waals surface area contributed by atoms with Crippen LogP contribution in [-0.4, -0.2) is 42.5 Å². The van der Waals surface area contributed by atoms with E-state index in [1.165, 1.54) is 12.8 Å². The largest absolute Gasteiger partial charge is 0.375 e. The predicted octanol–water partition coefficient (Wildman–Crippen LogP) is 2.73. The molecular weight excluding hydrogens is 353 g/mol. The van der Waals surface area contributed by atoms with Crippen molar-refractivity contribution in [3.63, 3.8) is 0 Å². The molecular formula is C15H18INO2. The van der Waals surface area contributed by atoms with Crippen molar-refractivity contribution < 1.29 is 9.53 Å². The number of carbonyl (C=O) groups excluding carboxylic acids is 1. The third-order valence-corrected chi connectivity index (χ3v) is 4.83. The van der Waals surface area contributed by atoms with Gasteiger partial charge in [0.1, 0.15) is 0 Å². The Morgan fingerprint density at radius 2 is 2.11 bits per heavy atom. The third kappa shape index (κ3) is 3.01. The van der Waals surface area contributed by atoms with E-state index in [1.54, 1.807) is 0 Å². The summed E-state index contributed by atoms with van der Waals surface area (Å²) in [6.07, 6.45) is 3.91. The molecule has 0 N–H and O–H groups in total. The molecule has 0 aromatic heterocycles. The molecule has 1 saturated heterocycles. The summed E-state index contributed by atoms with van der Waals surface area (Å²) in [6.45, 7) is 2.18. The first kappa shape index (κ1) is 13.5. The first-order valence-electron chi connectivity index (χ1n) is 6.88. The second-order valence-electron chi connectivity index (χ2n) is 5.31. The molecule has 3 nitrogen and oxygen atoms in total. The summed E-state index contributed by atoms with van der Waals surface area (Å²) in [5, 5.41) is 0. The zero-order chi connectivity index (χ0) is 13.2. The van der Waals surface area contributed by atoms with E-state index in [4.69, 9.17) is 4.74 Å². The van der Waals surface area contributed by atoms with E-state index in [1.807, 2.05) is 24.3 Å². The number of nitrogens with zero attached hydrogens (tertiary/aromatic N) is 1. The molecule has 4 heteroatoms. The van der Waals surface area contributed by atoms with E-state index < -0.39 is 0 Å². The van der Waals surface area contributed by atoms with Crippen LogP contribution in [0.3, 0.4) is 0 Å². The highest BCUT2D eigenvalue weighted by Crippen LogP contribution is 2.29. The van der Waals surface area contributed by atoms with Gasteiger partial charge in [-0.15, -0.1) is 0 Å². The number of rotatable bonds is 3. The lowest BCUT2D eigenvalue weighted by molar-refractivity contribution is -0.0522. The van der Waals surface area contributed by atoms with Gasteiger partial charge < -0.3 is 4.74 Å². The van der Waals surface area contributed by atoms with E-state index in [-0.39, 0.29) is 5.78 Å². The molecule has 1 saturated carbocycles. The Morgan fingerprint density at radius 3 is 2.89 bits per heavy atom. The molecule has 2 fully saturated rings. The highest BCUT2D eigenvalue weighted by Gasteiger charge is 2.36. The molecule has 2 aliphatic rings. The lowest BCUT2D eigenvalue weighted by Crippen LogP contribution is -2.50. The normalized spacial score (nSPS) is 27.2. The third-order valence-electron chi connectivity index (χ3n) is 4.11. The number of ketones is 1. The molecule has 102 valence electrons. The van der Waals surface area contributed by atoms with Gasteiger partial charge in [-0.3, -0.25) is 9.69 Å². The molecule has 2 atom stereocenters. The summed E-state index contributed by atoms with van der Waals surface area (Å²) >= 11 is 2.26. The highest BCUT2D eigenvalue weighted by atomic mass is 127. The molecule has 0 radical (unpaired) electrons. The van der Waals surface area contributed by atoms with Crippen LogP contribution in [0.25, 0.3) is 0 Å². The smallest absolute Gasteiger partial charge is 0.176 e.